The Balaban J connectivity index is 2.08. The Labute approximate surface area is 62.0 Å². The van der Waals surface area contributed by atoms with E-state index in [9.17, 15) is 0 Å². The molecule has 0 N–H and O–H groups in total. The maximum absolute atomic E-state index is 5.26. The summed E-state index contributed by atoms with van der Waals surface area (Å²) >= 11 is 0. The van der Waals surface area contributed by atoms with Gasteiger partial charge in [0.1, 0.15) is 0 Å². The molecule has 4 nitrogen and oxygen atoms in total. The first-order chi connectivity index (χ1) is 4.86. The van der Waals surface area contributed by atoms with Crippen LogP contribution >= 0.6 is 0 Å². The second-order valence-electron chi connectivity index (χ2n) is 1.99. The van der Waals surface area contributed by atoms with Crippen LogP contribution in [0.25, 0.3) is 0 Å². The van der Waals surface area contributed by atoms with Gasteiger partial charge in [0.05, 0.1) is 6.61 Å². The predicted octanol–water partition coefficient (Wildman–Crippen LogP) is -0.241. The van der Waals surface area contributed by atoms with Crippen LogP contribution in [0.3, 0.4) is 0 Å². The Morgan fingerprint density at radius 2 is 2.00 bits per heavy atom. The van der Waals surface area contributed by atoms with Crippen molar-refractivity contribution in [1.82, 2.24) is 0 Å². The van der Waals surface area contributed by atoms with Crippen molar-refractivity contribution in [3.05, 3.63) is 0 Å². The molecule has 0 aromatic carbocycles. The summed E-state index contributed by atoms with van der Waals surface area (Å²) in [5.74, 6) is 0. The van der Waals surface area contributed by atoms with Crippen molar-refractivity contribution in [2.75, 3.05) is 20.8 Å². The molecule has 0 aromatic heterocycles. The van der Waals surface area contributed by atoms with Gasteiger partial charge in [0.25, 0.3) is 0 Å². The molecule has 0 radical (unpaired) electrons. The highest BCUT2D eigenvalue weighted by Crippen LogP contribution is 2.13. The Morgan fingerprint density at radius 1 is 1.40 bits per heavy atom. The lowest BCUT2D eigenvalue weighted by molar-refractivity contribution is -0.182. The summed E-state index contributed by atoms with van der Waals surface area (Å²) in [5, 5.41) is 0. The van der Waals surface area contributed by atoms with E-state index in [-0.39, 0.29) is 6.29 Å². The summed E-state index contributed by atoms with van der Waals surface area (Å²) in [6, 6.07) is 0. The SMILES string of the molecule is CO[SiH](OC)OC1CCO1. The smallest absolute Gasteiger partial charge is 0.379 e. The minimum absolute atomic E-state index is 0.0726. The zero-order valence-electron chi connectivity index (χ0n) is 6.20. The van der Waals surface area contributed by atoms with E-state index in [0.717, 1.165) is 13.0 Å². The zero-order chi connectivity index (χ0) is 7.40. The van der Waals surface area contributed by atoms with Gasteiger partial charge >= 0.3 is 9.53 Å². The summed E-state index contributed by atoms with van der Waals surface area (Å²) in [6.07, 6.45) is 0.882. The molecule has 1 rings (SSSR count). The van der Waals surface area contributed by atoms with Crippen molar-refractivity contribution in [2.45, 2.75) is 12.7 Å². The number of hydrogen-bond donors (Lipinski definition) is 0. The third-order valence-electron chi connectivity index (χ3n) is 1.31. The molecule has 0 saturated carbocycles. The Morgan fingerprint density at radius 3 is 2.30 bits per heavy atom. The van der Waals surface area contributed by atoms with E-state index in [1.807, 2.05) is 0 Å². The van der Waals surface area contributed by atoms with E-state index < -0.39 is 9.53 Å². The Hall–Kier alpha value is 0.0569. The molecule has 0 amide bonds. The van der Waals surface area contributed by atoms with Gasteiger partial charge in [0.2, 0.25) is 0 Å². The van der Waals surface area contributed by atoms with Gasteiger partial charge in [-0.1, -0.05) is 0 Å². The minimum Gasteiger partial charge on any atom is -0.379 e. The van der Waals surface area contributed by atoms with E-state index in [4.69, 9.17) is 18.0 Å². The third kappa shape index (κ3) is 2.03. The maximum atomic E-state index is 5.26. The quantitative estimate of drug-likeness (QED) is 0.537. The van der Waals surface area contributed by atoms with Gasteiger partial charge in [-0.2, -0.15) is 0 Å². The Bertz CT molecular complexity index is 91.6. The molecule has 10 heavy (non-hydrogen) atoms. The van der Waals surface area contributed by atoms with Crippen molar-refractivity contribution in [3.63, 3.8) is 0 Å². The molecular weight excluding hydrogens is 152 g/mol. The summed E-state index contributed by atoms with van der Waals surface area (Å²) in [7, 11) is 1.32. The monoisotopic (exact) mass is 164 g/mol. The van der Waals surface area contributed by atoms with Crippen LogP contribution in [0, 0.1) is 0 Å². The van der Waals surface area contributed by atoms with Gasteiger partial charge < -0.3 is 18.0 Å². The maximum Gasteiger partial charge on any atom is 0.485 e. The van der Waals surface area contributed by atoms with Crippen LogP contribution < -0.4 is 0 Å². The lowest BCUT2D eigenvalue weighted by Gasteiger charge is -2.28. The van der Waals surface area contributed by atoms with E-state index in [2.05, 4.69) is 0 Å². The van der Waals surface area contributed by atoms with Gasteiger partial charge in [-0.3, -0.25) is 0 Å². The fraction of sp³-hybridized carbons (Fsp3) is 1.00. The van der Waals surface area contributed by atoms with Crippen LogP contribution in [0.5, 0.6) is 0 Å². The van der Waals surface area contributed by atoms with Crippen molar-refractivity contribution < 1.29 is 18.0 Å². The first kappa shape index (κ1) is 8.16. The van der Waals surface area contributed by atoms with Gasteiger partial charge in [0.15, 0.2) is 6.29 Å². The molecule has 1 heterocycles. The van der Waals surface area contributed by atoms with Crippen LogP contribution in [0.2, 0.25) is 0 Å². The molecule has 1 aliphatic rings. The van der Waals surface area contributed by atoms with Crippen LogP contribution in [0.4, 0.5) is 0 Å². The molecule has 5 heteroatoms. The van der Waals surface area contributed by atoms with Crippen LogP contribution in [0.1, 0.15) is 6.42 Å². The number of ether oxygens (including phenoxy) is 1. The topological polar surface area (TPSA) is 36.9 Å². The largest absolute Gasteiger partial charge is 0.485 e. The lowest BCUT2D eigenvalue weighted by atomic mass is 10.4. The second-order valence-corrected chi connectivity index (χ2v) is 3.78. The molecule has 1 unspecified atom stereocenters. The Kier molecular flexibility index (Phi) is 3.30. The summed E-state index contributed by atoms with van der Waals surface area (Å²) in [5.41, 5.74) is 0. The molecule has 0 bridgehead atoms. The predicted molar refractivity (Wildman–Crippen MR) is 36.6 cm³/mol. The number of hydrogen-bond acceptors (Lipinski definition) is 4. The molecular formula is C5H12O4Si. The highest BCUT2D eigenvalue weighted by Gasteiger charge is 2.24. The van der Waals surface area contributed by atoms with Crippen molar-refractivity contribution in [3.8, 4) is 0 Å². The second kappa shape index (κ2) is 4.04. The van der Waals surface area contributed by atoms with Crippen molar-refractivity contribution >= 4 is 9.53 Å². The average Bonchev–Trinajstić information content (AvgIpc) is 1.87. The summed E-state index contributed by atoms with van der Waals surface area (Å²) in [6.45, 7) is 0.791. The van der Waals surface area contributed by atoms with Gasteiger partial charge in [-0.05, 0) is 0 Å². The first-order valence-corrected chi connectivity index (χ1v) is 4.61. The van der Waals surface area contributed by atoms with E-state index in [1.54, 1.807) is 14.2 Å². The van der Waals surface area contributed by atoms with Crippen molar-refractivity contribution in [2.24, 2.45) is 0 Å². The fourth-order valence-electron chi connectivity index (χ4n) is 0.653. The third-order valence-corrected chi connectivity index (χ3v) is 2.60. The molecule has 1 fully saturated rings. The standard InChI is InChI=1S/C5H12O4Si/c1-6-10(7-2)9-5-3-4-8-5/h5,10H,3-4H2,1-2H3. The normalized spacial score (nSPS) is 24.9. The van der Waals surface area contributed by atoms with Crippen molar-refractivity contribution in [1.29, 1.82) is 0 Å². The average molecular weight is 164 g/mol. The highest BCUT2D eigenvalue weighted by molar-refractivity contribution is 6.36. The summed E-state index contributed by atoms with van der Waals surface area (Å²) in [4.78, 5) is 0. The molecule has 1 saturated heterocycles. The zero-order valence-corrected chi connectivity index (χ0v) is 7.36. The molecule has 60 valence electrons. The van der Waals surface area contributed by atoms with E-state index in [1.165, 1.54) is 0 Å². The van der Waals surface area contributed by atoms with Crippen LogP contribution in [-0.4, -0.2) is 36.6 Å². The number of rotatable bonds is 4. The van der Waals surface area contributed by atoms with Crippen LogP contribution in [0.15, 0.2) is 0 Å². The fourth-order valence-corrected chi connectivity index (χ4v) is 1.53. The van der Waals surface area contributed by atoms with E-state index in [0.29, 0.717) is 0 Å². The molecule has 0 aliphatic carbocycles. The molecule has 0 aromatic rings. The summed E-state index contributed by atoms with van der Waals surface area (Å²) < 4.78 is 20.1. The van der Waals surface area contributed by atoms with Gasteiger partial charge in [0, 0.05) is 20.6 Å². The molecule has 1 aliphatic heterocycles. The van der Waals surface area contributed by atoms with E-state index >= 15 is 0 Å². The first-order valence-electron chi connectivity index (χ1n) is 3.19. The van der Waals surface area contributed by atoms with Gasteiger partial charge in [-0.25, -0.2) is 0 Å². The molecule has 0 spiro atoms. The lowest BCUT2D eigenvalue weighted by Crippen LogP contribution is -2.37. The van der Waals surface area contributed by atoms with Crippen LogP contribution in [-0.2, 0) is 18.0 Å². The van der Waals surface area contributed by atoms with Gasteiger partial charge in [-0.15, -0.1) is 0 Å². The molecule has 1 atom stereocenters. The minimum atomic E-state index is -1.84. The highest BCUT2D eigenvalue weighted by atomic mass is 28.3.